The summed E-state index contributed by atoms with van der Waals surface area (Å²) < 4.78 is 0. The molecule has 3 nitrogen and oxygen atoms in total. The fourth-order valence-corrected chi connectivity index (χ4v) is 1.76. The predicted molar refractivity (Wildman–Crippen MR) is 64.6 cm³/mol. The summed E-state index contributed by atoms with van der Waals surface area (Å²) >= 11 is 0. The van der Waals surface area contributed by atoms with E-state index >= 15 is 0 Å². The normalized spacial score (nSPS) is 18.1. The first-order chi connectivity index (χ1) is 7.15. The Morgan fingerprint density at radius 1 is 1.27 bits per heavy atom. The van der Waals surface area contributed by atoms with Crippen molar-refractivity contribution in [2.75, 3.05) is 19.6 Å². The van der Waals surface area contributed by atoms with Crippen LogP contribution in [0.2, 0.25) is 0 Å². The summed E-state index contributed by atoms with van der Waals surface area (Å²) in [5.74, 6) is 0.0178. The molecule has 0 aromatic rings. The van der Waals surface area contributed by atoms with Gasteiger partial charge in [0.25, 0.3) is 0 Å². The average Bonchev–Trinajstić information content (AvgIpc) is 2.20. The Kier molecular flexibility index (Phi) is 8.38. The van der Waals surface area contributed by atoms with Gasteiger partial charge in [-0.05, 0) is 38.9 Å². The molecule has 1 rings (SSSR count). The molecule has 0 bridgehead atoms. The fourth-order valence-electron chi connectivity index (χ4n) is 1.76. The molecule has 1 aliphatic heterocycles. The molecule has 0 spiro atoms. The molecule has 3 heteroatoms. The molecule has 1 amide bonds. The van der Waals surface area contributed by atoms with Crippen LogP contribution in [-0.4, -0.2) is 30.4 Å². The molecular weight excluding hydrogens is 188 g/mol. The molecule has 1 aliphatic rings. The van der Waals surface area contributed by atoms with Crippen LogP contribution in [0.1, 0.15) is 46.5 Å². The lowest BCUT2D eigenvalue weighted by Crippen LogP contribution is -2.38. The van der Waals surface area contributed by atoms with Gasteiger partial charge in [-0.2, -0.15) is 0 Å². The minimum absolute atomic E-state index is 0.119. The lowest BCUT2D eigenvalue weighted by Gasteiger charge is -2.29. The molecule has 1 saturated heterocycles. The van der Waals surface area contributed by atoms with E-state index in [1.807, 2.05) is 0 Å². The van der Waals surface area contributed by atoms with Gasteiger partial charge in [-0.3, -0.25) is 4.79 Å². The van der Waals surface area contributed by atoms with Crippen LogP contribution in [0.3, 0.4) is 0 Å². The molecule has 0 atom stereocenters. The van der Waals surface area contributed by atoms with E-state index in [-0.39, 0.29) is 11.8 Å². The molecule has 1 heterocycles. The van der Waals surface area contributed by atoms with E-state index in [9.17, 15) is 4.79 Å². The topological polar surface area (TPSA) is 46.3 Å². The molecule has 0 aromatic heterocycles. The van der Waals surface area contributed by atoms with E-state index in [0.717, 1.165) is 32.5 Å². The van der Waals surface area contributed by atoms with Gasteiger partial charge in [-0.1, -0.05) is 27.2 Å². The van der Waals surface area contributed by atoms with Crippen molar-refractivity contribution in [3.05, 3.63) is 0 Å². The zero-order valence-electron chi connectivity index (χ0n) is 10.5. The minimum Gasteiger partial charge on any atom is -0.369 e. The Hall–Kier alpha value is -0.570. The highest BCUT2D eigenvalue weighted by Crippen LogP contribution is 2.16. The molecule has 15 heavy (non-hydrogen) atoms. The maximum atomic E-state index is 10.8. The standard InChI is InChI=1S/C9H18N2O.C3H8/c1-2-5-11-6-3-8(4-7-11)9(10)12;1-3-2/h8H,2-7H2,1H3,(H2,10,12);3H2,1-2H3. The number of primary amides is 1. The van der Waals surface area contributed by atoms with Crippen molar-refractivity contribution < 1.29 is 4.79 Å². The number of carbonyl (C=O) groups excluding carboxylic acids is 1. The smallest absolute Gasteiger partial charge is 0.220 e. The first-order valence-corrected chi connectivity index (χ1v) is 6.17. The predicted octanol–water partition coefficient (Wildman–Crippen LogP) is 2.01. The van der Waals surface area contributed by atoms with Gasteiger partial charge in [0.2, 0.25) is 5.91 Å². The van der Waals surface area contributed by atoms with Crippen molar-refractivity contribution >= 4 is 5.91 Å². The second-order valence-corrected chi connectivity index (χ2v) is 4.23. The first kappa shape index (κ1) is 14.4. The van der Waals surface area contributed by atoms with Crippen LogP contribution in [0.4, 0.5) is 0 Å². The van der Waals surface area contributed by atoms with Gasteiger partial charge < -0.3 is 10.6 Å². The van der Waals surface area contributed by atoms with Crippen molar-refractivity contribution in [1.29, 1.82) is 0 Å². The second kappa shape index (κ2) is 8.72. The molecule has 0 radical (unpaired) electrons. The highest BCUT2D eigenvalue weighted by atomic mass is 16.1. The number of nitrogens with zero attached hydrogens (tertiary/aromatic N) is 1. The fraction of sp³-hybridized carbons (Fsp3) is 0.917. The number of amides is 1. The number of hydrogen-bond donors (Lipinski definition) is 1. The Balaban J connectivity index is 0.000000583. The molecule has 0 aliphatic carbocycles. The van der Waals surface area contributed by atoms with Gasteiger partial charge in [-0.15, -0.1) is 0 Å². The highest BCUT2D eigenvalue weighted by molar-refractivity contribution is 5.76. The van der Waals surface area contributed by atoms with Crippen molar-refractivity contribution in [3.63, 3.8) is 0 Å². The molecule has 0 aromatic carbocycles. The first-order valence-electron chi connectivity index (χ1n) is 6.17. The maximum Gasteiger partial charge on any atom is 0.220 e. The van der Waals surface area contributed by atoms with Crippen LogP contribution in [0.5, 0.6) is 0 Å². The minimum atomic E-state index is -0.119. The van der Waals surface area contributed by atoms with Crippen molar-refractivity contribution in [3.8, 4) is 0 Å². The summed E-state index contributed by atoms with van der Waals surface area (Å²) in [6.45, 7) is 9.68. The van der Waals surface area contributed by atoms with Crippen molar-refractivity contribution in [2.45, 2.75) is 46.5 Å². The number of piperidine rings is 1. The monoisotopic (exact) mass is 214 g/mol. The van der Waals surface area contributed by atoms with Crippen LogP contribution < -0.4 is 5.73 Å². The summed E-state index contributed by atoms with van der Waals surface area (Å²) in [6, 6.07) is 0. The van der Waals surface area contributed by atoms with Crippen molar-refractivity contribution in [2.24, 2.45) is 11.7 Å². The lowest BCUT2D eigenvalue weighted by molar-refractivity contribution is -0.123. The Morgan fingerprint density at radius 2 is 1.73 bits per heavy atom. The molecule has 0 saturated carbocycles. The molecule has 2 N–H and O–H groups in total. The van der Waals surface area contributed by atoms with E-state index in [0.29, 0.717) is 0 Å². The van der Waals surface area contributed by atoms with Gasteiger partial charge in [0.1, 0.15) is 0 Å². The molecule has 1 fully saturated rings. The van der Waals surface area contributed by atoms with Gasteiger partial charge in [0, 0.05) is 5.92 Å². The number of rotatable bonds is 3. The number of nitrogens with two attached hydrogens (primary N) is 1. The van der Waals surface area contributed by atoms with Gasteiger partial charge in [-0.25, -0.2) is 0 Å². The number of carbonyl (C=O) groups is 1. The Morgan fingerprint density at radius 3 is 2.07 bits per heavy atom. The number of hydrogen-bond acceptors (Lipinski definition) is 2. The van der Waals surface area contributed by atoms with E-state index in [4.69, 9.17) is 5.73 Å². The van der Waals surface area contributed by atoms with E-state index < -0.39 is 0 Å². The molecular formula is C12H26N2O. The third-order valence-electron chi connectivity index (χ3n) is 2.53. The lowest BCUT2D eigenvalue weighted by atomic mass is 9.96. The summed E-state index contributed by atoms with van der Waals surface area (Å²) in [6.07, 6.45) is 4.35. The summed E-state index contributed by atoms with van der Waals surface area (Å²) in [7, 11) is 0. The Bertz CT molecular complexity index is 163. The summed E-state index contributed by atoms with van der Waals surface area (Å²) in [4.78, 5) is 13.2. The van der Waals surface area contributed by atoms with Gasteiger partial charge >= 0.3 is 0 Å². The zero-order chi connectivity index (χ0) is 11.7. The number of likely N-dealkylation sites (tertiary alicyclic amines) is 1. The summed E-state index contributed by atoms with van der Waals surface area (Å²) in [5, 5.41) is 0. The van der Waals surface area contributed by atoms with E-state index in [2.05, 4.69) is 25.7 Å². The van der Waals surface area contributed by atoms with Crippen LogP contribution >= 0.6 is 0 Å². The van der Waals surface area contributed by atoms with Crippen molar-refractivity contribution in [1.82, 2.24) is 4.90 Å². The van der Waals surface area contributed by atoms with Crippen LogP contribution in [0, 0.1) is 5.92 Å². The zero-order valence-corrected chi connectivity index (χ0v) is 10.5. The SMILES string of the molecule is CCC.CCCN1CCC(C(N)=O)CC1. The largest absolute Gasteiger partial charge is 0.369 e. The second-order valence-electron chi connectivity index (χ2n) is 4.23. The quantitative estimate of drug-likeness (QED) is 0.781. The van der Waals surface area contributed by atoms with Crippen LogP contribution in [-0.2, 0) is 4.79 Å². The average molecular weight is 214 g/mol. The molecule has 90 valence electrons. The van der Waals surface area contributed by atoms with Crippen LogP contribution in [0.25, 0.3) is 0 Å². The maximum absolute atomic E-state index is 10.8. The summed E-state index contributed by atoms with van der Waals surface area (Å²) in [5.41, 5.74) is 5.23. The third kappa shape index (κ3) is 6.50. The van der Waals surface area contributed by atoms with Gasteiger partial charge in [0.15, 0.2) is 0 Å². The molecule has 0 unspecified atom stereocenters. The van der Waals surface area contributed by atoms with E-state index in [1.165, 1.54) is 12.8 Å². The van der Waals surface area contributed by atoms with Crippen LogP contribution in [0.15, 0.2) is 0 Å². The Labute approximate surface area is 94.0 Å². The van der Waals surface area contributed by atoms with Gasteiger partial charge in [0.05, 0.1) is 0 Å². The highest BCUT2D eigenvalue weighted by Gasteiger charge is 2.21. The third-order valence-corrected chi connectivity index (χ3v) is 2.53. The van der Waals surface area contributed by atoms with E-state index in [1.54, 1.807) is 0 Å².